The fraction of sp³-hybridized carbons (Fsp3) is 0. The molecule has 0 aliphatic carbocycles. The van der Waals surface area contributed by atoms with Gasteiger partial charge in [-0.25, -0.2) is 9.53 Å². The summed E-state index contributed by atoms with van der Waals surface area (Å²) in [6.07, 6.45) is 1.93. The molecule has 5 aromatic carbocycles. The van der Waals surface area contributed by atoms with Crippen LogP contribution >= 0.6 is 0 Å². The zero-order valence-electron chi connectivity index (χ0n) is 19.8. The number of para-hydroxylation sites is 1. The molecule has 0 spiro atoms. The highest BCUT2D eigenvalue weighted by molar-refractivity contribution is 5.97. The third-order valence-corrected chi connectivity index (χ3v) is 6.14. The molecule has 6 rings (SSSR count). The smallest absolute Gasteiger partial charge is 0.187 e. The van der Waals surface area contributed by atoms with Crippen LogP contribution in [0.15, 0.2) is 121 Å². The second-order valence-electron chi connectivity index (χ2n) is 8.61. The molecular formula is C31H22N6. The van der Waals surface area contributed by atoms with Crippen molar-refractivity contribution in [3.8, 4) is 16.9 Å². The number of hydrogen-bond acceptors (Lipinski definition) is 4. The lowest BCUT2D eigenvalue weighted by Gasteiger charge is -2.11. The van der Waals surface area contributed by atoms with Crippen molar-refractivity contribution < 1.29 is 0 Å². The van der Waals surface area contributed by atoms with Gasteiger partial charge in [-0.1, -0.05) is 59.8 Å². The highest BCUT2D eigenvalue weighted by Crippen LogP contribution is 2.30. The average Bonchev–Trinajstić information content (AvgIpc) is 3.45. The molecule has 176 valence electrons. The fourth-order valence-electron chi connectivity index (χ4n) is 4.23. The predicted molar refractivity (Wildman–Crippen MR) is 150 cm³/mol. The van der Waals surface area contributed by atoms with Gasteiger partial charge < -0.3 is 10.6 Å². The molecule has 0 bridgehead atoms. The first-order valence-electron chi connectivity index (χ1n) is 11.9. The van der Waals surface area contributed by atoms with E-state index in [-0.39, 0.29) is 0 Å². The van der Waals surface area contributed by atoms with E-state index in [1.54, 1.807) is 4.68 Å². The Morgan fingerprint density at radius 3 is 2.19 bits per heavy atom. The summed E-state index contributed by atoms with van der Waals surface area (Å²) in [6, 6.07) is 38.1. The Bertz CT molecular complexity index is 1710. The second-order valence-corrected chi connectivity index (χ2v) is 8.61. The maximum atomic E-state index is 7.31. The van der Waals surface area contributed by atoms with Crippen LogP contribution in [0, 0.1) is 6.57 Å². The van der Waals surface area contributed by atoms with Crippen molar-refractivity contribution in [3.63, 3.8) is 0 Å². The SMILES string of the molecule is [C-]#[N+]c1ccc2cccc(Nc3ccc(-c4cn(-c5ccc(Nc6ccccc6)cc5)nn4)cc3)c2c1. The Morgan fingerprint density at radius 2 is 1.41 bits per heavy atom. The van der Waals surface area contributed by atoms with Crippen LogP contribution in [0.5, 0.6) is 0 Å². The van der Waals surface area contributed by atoms with Crippen LogP contribution in [0.4, 0.5) is 28.4 Å². The van der Waals surface area contributed by atoms with Crippen LogP contribution in [0.25, 0.3) is 32.6 Å². The Hall–Kier alpha value is -5.41. The summed E-state index contributed by atoms with van der Waals surface area (Å²) in [5, 5.41) is 17.7. The van der Waals surface area contributed by atoms with Gasteiger partial charge in [0.1, 0.15) is 5.69 Å². The summed E-state index contributed by atoms with van der Waals surface area (Å²) in [4.78, 5) is 3.56. The summed E-state index contributed by atoms with van der Waals surface area (Å²) in [5.74, 6) is 0. The Kier molecular flexibility index (Phi) is 5.78. The predicted octanol–water partition coefficient (Wildman–Crippen LogP) is 8.13. The van der Waals surface area contributed by atoms with E-state index < -0.39 is 0 Å². The van der Waals surface area contributed by atoms with E-state index in [0.29, 0.717) is 5.69 Å². The normalized spacial score (nSPS) is 10.7. The first-order chi connectivity index (χ1) is 18.2. The molecule has 1 aromatic heterocycles. The van der Waals surface area contributed by atoms with Crippen molar-refractivity contribution in [2.75, 3.05) is 10.6 Å². The first-order valence-corrected chi connectivity index (χ1v) is 11.9. The number of benzene rings is 5. The summed E-state index contributed by atoms with van der Waals surface area (Å²) in [7, 11) is 0. The third-order valence-electron chi connectivity index (χ3n) is 6.14. The quantitative estimate of drug-likeness (QED) is 0.237. The van der Waals surface area contributed by atoms with E-state index in [4.69, 9.17) is 6.57 Å². The topological polar surface area (TPSA) is 59.1 Å². The summed E-state index contributed by atoms with van der Waals surface area (Å²) < 4.78 is 1.78. The van der Waals surface area contributed by atoms with E-state index in [1.165, 1.54) is 0 Å². The lowest BCUT2D eigenvalue weighted by atomic mass is 10.1. The van der Waals surface area contributed by atoms with Crippen molar-refractivity contribution in [2.45, 2.75) is 0 Å². The molecule has 0 radical (unpaired) electrons. The molecule has 0 atom stereocenters. The number of hydrogen-bond donors (Lipinski definition) is 2. The van der Waals surface area contributed by atoms with Crippen molar-refractivity contribution in [1.82, 2.24) is 15.0 Å². The molecule has 2 N–H and O–H groups in total. The molecule has 6 aromatic rings. The average molecular weight is 479 g/mol. The van der Waals surface area contributed by atoms with Crippen LogP contribution in [-0.4, -0.2) is 15.0 Å². The minimum Gasteiger partial charge on any atom is -0.356 e. The van der Waals surface area contributed by atoms with E-state index in [9.17, 15) is 0 Å². The van der Waals surface area contributed by atoms with Gasteiger partial charge in [-0.2, -0.15) is 0 Å². The Balaban J connectivity index is 1.18. The van der Waals surface area contributed by atoms with Gasteiger partial charge in [-0.3, -0.25) is 0 Å². The minimum atomic E-state index is 0.627. The molecule has 0 aliphatic rings. The van der Waals surface area contributed by atoms with Gasteiger partial charge in [0.05, 0.1) is 18.5 Å². The fourth-order valence-corrected chi connectivity index (χ4v) is 4.23. The lowest BCUT2D eigenvalue weighted by Crippen LogP contribution is -1.95. The molecule has 37 heavy (non-hydrogen) atoms. The molecule has 0 amide bonds. The second kappa shape index (κ2) is 9.68. The standard InChI is InChI=1S/C31H22N6/c1-32-27-15-10-22-6-5-9-30(29(22)20-27)34-26-13-11-23(12-14-26)31-21-37(36-35-31)28-18-16-25(17-19-28)33-24-7-3-2-4-8-24/h2-21,33-34H. The highest BCUT2D eigenvalue weighted by atomic mass is 15.4. The van der Waals surface area contributed by atoms with Crippen LogP contribution in [0.3, 0.4) is 0 Å². The Morgan fingerprint density at radius 1 is 0.676 bits per heavy atom. The van der Waals surface area contributed by atoms with Crippen LogP contribution in [-0.2, 0) is 0 Å². The van der Waals surface area contributed by atoms with Gasteiger partial charge in [-0.05, 0) is 71.4 Å². The first kappa shape index (κ1) is 22.1. The van der Waals surface area contributed by atoms with Crippen LogP contribution in [0.2, 0.25) is 0 Å². The van der Waals surface area contributed by atoms with E-state index in [2.05, 4.69) is 25.8 Å². The van der Waals surface area contributed by atoms with Gasteiger partial charge in [0.25, 0.3) is 0 Å². The third kappa shape index (κ3) is 4.75. The summed E-state index contributed by atoms with van der Waals surface area (Å²) in [6.45, 7) is 7.31. The molecule has 6 nitrogen and oxygen atoms in total. The number of nitrogens with zero attached hydrogens (tertiary/aromatic N) is 4. The van der Waals surface area contributed by atoms with Crippen molar-refractivity contribution in [2.24, 2.45) is 0 Å². The molecule has 0 saturated carbocycles. The van der Waals surface area contributed by atoms with E-state index in [1.807, 2.05) is 121 Å². The van der Waals surface area contributed by atoms with E-state index in [0.717, 1.165) is 50.5 Å². The monoisotopic (exact) mass is 478 g/mol. The number of anilines is 4. The number of nitrogens with one attached hydrogen (secondary N) is 2. The maximum Gasteiger partial charge on any atom is 0.187 e. The van der Waals surface area contributed by atoms with Gasteiger partial charge in [-0.15, -0.1) is 5.10 Å². The summed E-state index contributed by atoms with van der Waals surface area (Å²) in [5.41, 5.74) is 7.31. The molecule has 0 unspecified atom stereocenters. The molecule has 1 heterocycles. The number of aromatic nitrogens is 3. The minimum absolute atomic E-state index is 0.627. The number of fused-ring (bicyclic) bond motifs is 1. The van der Waals surface area contributed by atoms with Gasteiger partial charge >= 0.3 is 0 Å². The van der Waals surface area contributed by atoms with Crippen molar-refractivity contribution in [3.05, 3.63) is 133 Å². The van der Waals surface area contributed by atoms with Crippen molar-refractivity contribution in [1.29, 1.82) is 0 Å². The van der Waals surface area contributed by atoms with Crippen LogP contribution < -0.4 is 10.6 Å². The number of rotatable bonds is 6. The molecule has 6 heteroatoms. The lowest BCUT2D eigenvalue weighted by molar-refractivity contribution is 0.804. The molecule has 0 saturated heterocycles. The largest absolute Gasteiger partial charge is 0.356 e. The van der Waals surface area contributed by atoms with E-state index >= 15 is 0 Å². The summed E-state index contributed by atoms with van der Waals surface area (Å²) >= 11 is 0. The zero-order chi connectivity index (χ0) is 25.0. The van der Waals surface area contributed by atoms with Crippen molar-refractivity contribution >= 4 is 39.2 Å². The molecule has 0 aliphatic heterocycles. The highest BCUT2D eigenvalue weighted by Gasteiger charge is 2.07. The maximum absolute atomic E-state index is 7.31. The Labute approximate surface area is 214 Å². The van der Waals surface area contributed by atoms with Gasteiger partial charge in [0.15, 0.2) is 5.69 Å². The van der Waals surface area contributed by atoms with Gasteiger partial charge in [0.2, 0.25) is 0 Å². The zero-order valence-corrected chi connectivity index (χ0v) is 19.8. The molecular weight excluding hydrogens is 456 g/mol. The molecule has 0 fully saturated rings. The van der Waals surface area contributed by atoms with Gasteiger partial charge in [0, 0.05) is 28.3 Å². The van der Waals surface area contributed by atoms with Crippen LogP contribution in [0.1, 0.15) is 0 Å².